The summed E-state index contributed by atoms with van der Waals surface area (Å²) >= 11 is 0. The Bertz CT molecular complexity index is 328. The van der Waals surface area contributed by atoms with Crippen LogP contribution in [0.25, 0.3) is 0 Å². The molecule has 0 heterocycles. The minimum atomic E-state index is 0.0446. The van der Waals surface area contributed by atoms with Gasteiger partial charge in [0.15, 0.2) is 0 Å². The fraction of sp³-hybridized carbons (Fsp3) is 0.500. The average Bonchev–Trinajstić information content (AvgIpc) is 2.40. The van der Waals surface area contributed by atoms with Gasteiger partial charge in [0.25, 0.3) is 0 Å². The smallest absolute Gasteiger partial charge is 0.233 e. The topological polar surface area (TPSA) is 50.4 Å². The molecular weight excluding hydrogens is 228 g/mol. The molecule has 0 saturated heterocycles. The third-order valence-corrected chi connectivity index (χ3v) is 2.37. The van der Waals surface area contributed by atoms with E-state index in [0.29, 0.717) is 19.7 Å². The first kappa shape index (κ1) is 14.5. The number of carbonyl (C=O) groups is 1. The number of hydrogen-bond donors (Lipinski definition) is 2. The average molecular weight is 250 g/mol. The van der Waals surface area contributed by atoms with Crippen molar-refractivity contribution in [2.24, 2.45) is 0 Å². The van der Waals surface area contributed by atoms with E-state index in [9.17, 15) is 4.79 Å². The van der Waals surface area contributed by atoms with Gasteiger partial charge in [-0.05, 0) is 31.5 Å². The number of para-hydroxylation sites is 1. The lowest BCUT2D eigenvalue weighted by Crippen LogP contribution is -2.35. The van der Waals surface area contributed by atoms with Gasteiger partial charge in [0, 0.05) is 6.54 Å². The summed E-state index contributed by atoms with van der Waals surface area (Å²) in [6, 6.07) is 9.68. The molecule has 0 aliphatic heterocycles. The maximum atomic E-state index is 11.3. The summed E-state index contributed by atoms with van der Waals surface area (Å²) in [5.74, 6) is 0.914. The fourth-order valence-electron chi connectivity index (χ4n) is 1.45. The number of benzene rings is 1. The normalized spacial score (nSPS) is 10.1. The summed E-state index contributed by atoms with van der Waals surface area (Å²) in [6.45, 7) is 4.62. The van der Waals surface area contributed by atoms with Gasteiger partial charge in [-0.15, -0.1) is 0 Å². The first-order valence-electron chi connectivity index (χ1n) is 6.48. The molecule has 0 aliphatic rings. The molecule has 0 spiro atoms. The molecule has 0 aliphatic carbocycles. The maximum Gasteiger partial charge on any atom is 0.233 e. The van der Waals surface area contributed by atoms with Crippen LogP contribution in [0.5, 0.6) is 5.75 Å². The van der Waals surface area contributed by atoms with Gasteiger partial charge in [-0.2, -0.15) is 0 Å². The fourth-order valence-corrected chi connectivity index (χ4v) is 1.45. The Balaban J connectivity index is 1.97. The number of nitrogens with one attached hydrogen (secondary N) is 2. The molecule has 1 aromatic carbocycles. The molecule has 1 rings (SSSR count). The lowest BCUT2D eigenvalue weighted by molar-refractivity contribution is -0.120. The van der Waals surface area contributed by atoms with Crippen molar-refractivity contribution in [3.63, 3.8) is 0 Å². The molecule has 1 amide bonds. The number of ether oxygens (including phenoxy) is 1. The summed E-state index contributed by atoms with van der Waals surface area (Å²) < 4.78 is 5.52. The molecule has 0 radical (unpaired) electrons. The highest BCUT2D eigenvalue weighted by Crippen LogP contribution is 2.07. The second-order valence-electron chi connectivity index (χ2n) is 4.04. The molecule has 100 valence electrons. The van der Waals surface area contributed by atoms with E-state index in [4.69, 9.17) is 4.74 Å². The second kappa shape index (κ2) is 9.48. The van der Waals surface area contributed by atoms with Crippen molar-refractivity contribution in [2.45, 2.75) is 19.8 Å². The van der Waals surface area contributed by atoms with Gasteiger partial charge >= 0.3 is 0 Å². The minimum Gasteiger partial charge on any atom is -0.494 e. The Hall–Kier alpha value is -1.55. The van der Waals surface area contributed by atoms with Crippen LogP contribution >= 0.6 is 0 Å². The third kappa shape index (κ3) is 6.91. The first-order chi connectivity index (χ1) is 8.83. The molecule has 4 nitrogen and oxygen atoms in total. The van der Waals surface area contributed by atoms with Gasteiger partial charge < -0.3 is 15.4 Å². The van der Waals surface area contributed by atoms with E-state index < -0.39 is 0 Å². The Labute approximate surface area is 109 Å². The zero-order valence-electron chi connectivity index (χ0n) is 10.9. The highest BCUT2D eigenvalue weighted by atomic mass is 16.5. The standard InChI is InChI=1S/C14H22N2O2/c1-2-9-15-12-14(17)16-10-6-11-18-13-7-4-3-5-8-13/h3-5,7-8,15H,2,6,9-12H2,1H3,(H,16,17). The SMILES string of the molecule is CCCNCC(=O)NCCCOc1ccccc1. The lowest BCUT2D eigenvalue weighted by atomic mass is 10.3. The van der Waals surface area contributed by atoms with Gasteiger partial charge in [-0.3, -0.25) is 4.79 Å². The van der Waals surface area contributed by atoms with Crippen LogP contribution in [0.2, 0.25) is 0 Å². The van der Waals surface area contributed by atoms with Crippen molar-refractivity contribution in [3.8, 4) is 5.75 Å². The van der Waals surface area contributed by atoms with Gasteiger partial charge in [0.05, 0.1) is 13.2 Å². The number of hydrogen-bond acceptors (Lipinski definition) is 3. The van der Waals surface area contributed by atoms with E-state index in [1.807, 2.05) is 30.3 Å². The molecule has 4 heteroatoms. The van der Waals surface area contributed by atoms with Crippen molar-refractivity contribution in [1.29, 1.82) is 0 Å². The molecular formula is C14H22N2O2. The van der Waals surface area contributed by atoms with Crippen LogP contribution in [0.4, 0.5) is 0 Å². The predicted molar refractivity (Wildman–Crippen MR) is 72.7 cm³/mol. The van der Waals surface area contributed by atoms with Crippen LogP contribution in [-0.2, 0) is 4.79 Å². The van der Waals surface area contributed by atoms with Crippen molar-refractivity contribution in [1.82, 2.24) is 10.6 Å². The van der Waals surface area contributed by atoms with Gasteiger partial charge in [0.1, 0.15) is 5.75 Å². The predicted octanol–water partition coefficient (Wildman–Crippen LogP) is 1.57. The van der Waals surface area contributed by atoms with Crippen LogP contribution in [0.3, 0.4) is 0 Å². The van der Waals surface area contributed by atoms with Crippen LogP contribution in [-0.4, -0.2) is 32.1 Å². The molecule has 0 atom stereocenters. The molecule has 2 N–H and O–H groups in total. The molecule has 18 heavy (non-hydrogen) atoms. The maximum absolute atomic E-state index is 11.3. The van der Waals surface area contributed by atoms with Gasteiger partial charge in [0.2, 0.25) is 5.91 Å². The quantitative estimate of drug-likeness (QED) is 0.654. The lowest BCUT2D eigenvalue weighted by Gasteiger charge is -2.07. The molecule has 0 fully saturated rings. The van der Waals surface area contributed by atoms with E-state index in [1.165, 1.54) is 0 Å². The van der Waals surface area contributed by atoms with Crippen molar-refractivity contribution in [2.75, 3.05) is 26.2 Å². The molecule has 0 bridgehead atoms. The summed E-state index contributed by atoms with van der Waals surface area (Å²) in [4.78, 5) is 11.3. The van der Waals surface area contributed by atoms with Crippen LogP contribution in [0.1, 0.15) is 19.8 Å². The summed E-state index contributed by atoms with van der Waals surface area (Å²) in [5, 5.41) is 5.90. The van der Waals surface area contributed by atoms with Gasteiger partial charge in [-0.1, -0.05) is 25.1 Å². The van der Waals surface area contributed by atoms with E-state index in [2.05, 4.69) is 17.6 Å². The summed E-state index contributed by atoms with van der Waals surface area (Å²) in [7, 11) is 0. The summed E-state index contributed by atoms with van der Waals surface area (Å²) in [5.41, 5.74) is 0. The second-order valence-corrected chi connectivity index (χ2v) is 4.04. The number of amides is 1. The van der Waals surface area contributed by atoms with Crippen molar-refractivity contribution >= 4 is 5.91 Å². The van der Waals surface area contributed by atoms with E-state index in [-0.39, 0.29) is 5.91 Å². The van der Waals surface area contributed by atoms with Gasteiger partial charge in [-0.25, -0.2) is 0 Å². The zero-order valence-corrected chi connectivity index (χ0v) is 10.9. The Morgan fingerprint density at radius 2 is 2.00 bits per heavy atom. The molecule has 0 saturated carbocycles. The molecule has 0 aromatic heterocycles. The summed E-state index contributed by atoms with van der Waals surface area (Å²) in [6.07, 6.45) is 1.85. The van der Waals surface area contributed by atoms with Crippen molar-refractivity contribution < 1.29 is 9.53 Å². The largest absolute Gasteiger partial charge is 0.494 e. The number of carbonyl (C=O) groups excluding carboxylic acids is 1. The van der Waals surface area contributed by atoms with Crippen LogP contribution in [0.15, 0.2) is 30.3 Å². The van der Waals surface area contributed by atoms with Crippen molar-refractivity contribution in [3.05, 3.63) is 30.3 Å². The third-order valence-electron chi connectivity index (χ3n) is 2.37. The molecule has 0 unspecified atom stereocenters. The highest BCUT2D eigenvalue weighted by molar-refractivity contribution is 5.77. The zero-order chi connectivity index (χ0) is 13.1. The van der Waals surface area contributed by atoms with E-state index >= 15 is 0 Å². The van der Waals surface area contributed by atoms with E-state index in [0.717, 1.165) is 25.1 Å². The van der Waals surface area contributed by atoms with Crippen LogP contribution < -0.4 is 15.4 Å². The van der Waals surface area contributed by atoms with Crippen LogP contribution in [0, 0.1) is 0 Å². The Kier molecular flexibility index (Phi) is 7.64. The minimum absolute atomic E-state index is 0.0446. The number of rotatable bonds is 9. The van der Waals surface area contributed by atoms with E-state index in [1.54, 1.807) is 0 Å². The Morgan fingerprint density at radius 1 is 1.22 bits per heavy atom. The highest BCUT2D eigenvalue weighted by Gasteiger charge is 1.98. The Morgan fingerprint density at radius 3 is 2.72 bits per heavy atom. The monoisotopic (exact) mass is 250 g/mol. The first-order valence-corrected chi connectivity index (χ1v) is 6.48. The molecule has 1 aromatic rings.